The normalized spacial score (nSPS) is 17.5. The lowest BCUT2D eigenvalue weighted by atomic mass is 9.97. The van der Waals surface area contributed by atoms with Crippen LogP contribution in [0.1, 0.15) is 24.0 Å². The summed E-state index contributed by atoms with van der Waals surface area (Å²) in [4.78, 5) is 2.46. The van der Waals surface area contributed by atoms with Gasteiger partial charge in [-0.3, -0.25) is 10.3 Å². The third kappa shape index (κ3) is 4.04. The first-order valence-corrected chi connectivity index (χ1v) is 6.83. The number of nitrogens with one attached hydrogen (secondary N) is 1. The number of ether oxygens (including phenoxy) is 1. The van der Waals surface area contributed by atoms with Crippen LogP contribution in [0.3, 0.4) is 0 Å². The van der Waals surface area contributed by atoms with Crippen LogP contribution in [0.5, 0.6) is 0 Å². The van der Waals surface area contributed by atoms with Crippen LogP contribution >= 0.6 is 0 Å². The van der Waals surface area contributed by atoms with E-state index < -0.39 is 0 Å². The van der Waals surface area contributed by atoms with Crippen LogP contribution in [0.4, 0.5) is 0 Å². The molecule has 0 atom stereocenters. The molecule has 104 valence electrons. The number of methoxy groups -OCH3 is 1. The van der Waals surface area contributed by atoms with Crippen molar-refractivity contribution in [1.29, 1.82) is 5.41 Å². The molecule has 1 aliphatic rings. The van der Waals surface area contributed by atoms with Gasteiger partial charge in [0.05, 0.1) is 0 Å². The molecule has 2 rings (SSSR count). The molecule has 0 radical (unpaired) electrons. The average molecular weight is 261 g/mol. The zero-order chi connectivity index (χ0) is 13.7. The maximum Gasteiger partial charge on any atom is 0.122 e. The minimum Gasteiger partial charge on any atom is -0.384 e. The van der Waals surface area contributed by atoms with Gasteiger partial charge in [-0.25, -0.2) is 0 Å². The fraction of sp³-hybridized carbons (Fsp3) is 0.533. The maximum atomic E-state index is 7.47. The minimum atomic E-state index is 0.139. The second kappa shape index (κ2) is 6.68. The first-order chi connectivity index (χ1) is 9.19. The van der Waals surface area contributed by atoms with Crippen LogP contribution in [-0.4, -0.2) is 37.5 Å². The summed E-state index contributed by atoms with van der Waals surface area (Å²) in [5.41, 5.74) is 7.57. The van der Waals surface area contributed by atoms with Gasteiger partial charge in [0.15, 0.2) is 0 Å². The highest BCUT2D eigenvalue weighted by molar-refractivity contribution is 5.95. The SMILES string of the molecule is COCC1CCN(Cc2cccc(C(=N)N)c2)CC1. The number of rotatable bonds is 5. The predicted molar refractivity (Wildman–Crippen MR) is 77.3 cm³/mol. The van der Waals surface area contributed by atoms with E-state index in [0.29, 0.717) is 5.92 Å². The Kier molecular flexibility index (Phi) is 4.93. The largest absolute Gasteiger partial charge is 0.384 e. The van der Waals surface area contributed by atoms with Crippen molar-refractivity contribution in [3.05, 3.63) is 35.4 Å². The van der Waals surface area contributed by atoms with Crippen LogP contribution in [-0.2, 0) is 11.3 Å². The van der Waals surface area contributed by atoms with E-state index in [1.807, 2.05) is 18.2 Å². The van der Waals surface area contributed by atoms with Crippen molar-refractivity contribution in [2.45, 2.75) is 19.4 Å². The van der Waals surface area contributed by atoms with Crippen molar-refractivity contribution in [3.8, 4) is 0 Å². The van der Waals surface area contributed by atoms with Crippen LogP contribution in [0.15, 0.2) is 24.3 Å². The topological polar surface area (TPSA) is 62.3 Å². The monoisotopic (exact) mass is 261 g/mol. The Bertz CT molecular complexity index is 425. The molecule has 0 saturated carbocycles. The summed E-state index contributed by atoms with van der Waals surface area (Å²) >= 11 is 0. The number of piperidine rings is 1. The van der Waals surface area contributed by atoms with Gasteiger partial charge in [-0.2, -0.15) is 0 Å². The molecule has 0 unspecified atom stereocenters. The quantitative estimate of drug-likeness (QED) is 0.628. The average Bonchev–Trinajstić information content (AvgIpc) is 2.42. The van der Waals surface area contributed by atoms with Gasteiger partial charge in [0.2, 0.25) is 0 Å². The molecule has 4 heteroatoms. The molecule has 0 aromatic heterocycles. The molecule has 1 aromatic rings. The summed E-state index contributed by atoms with van der Waals surface area (Å²) in [5, 5.41) is 7.47. The molecular formula is C15H23N3O. The molecular weight excluding hydrogens is 238 g/mol. The zero-order valence-electron chi connectivity index (χ0n) is 11.6. The first-order valence-electron chi connectivity index (χ1n) is 6.83. The van der Waals surface area contributed by atoms with Crippen molar-refractivity contribution in [2.75, 3.05) is 26.8 Å². The highest BCUT2D eigenvalue weighted by Crippen LogP contribution is 2.19. The molecule has 0 bridgehead atoms. The summed E-state index contributed by atoms with van der Waals surface area (Å²) in [7, 11) is 1.78. The molecule has 0 aliphatic carbocycles. The van der Waals surface area contributed by atoms with Crippen molar-refractivity contribution < 1.29 is 4.74 Å². The Hall–Kier alpha value is -1.39. The number of hydrogen-bond donors (Lipinski definition) is 2. The Balaban J connectivity index is 1.88. The van der Waals surface area contributed by atoms with E-state index in [1.165, 1.54) is 18.4 Å². The van der Waals surface area contributed by atoms with Gasteiger partial charge in [-0.1, -0.05) is 18.2 Å². The molecule has 0 amide bonds. The van der Waals surface area contributed by atoms with E-state index in [-0.39, 0.29) is 5.84 Å². The van der Waals surface area contributed by atoms with Crippen LogP contribution < -0.4 is 5.73 Å². The lowest BCUT2D eigenvalue weighted by Crippen LogP contribution is -2.34. The van der Waals surface area contributed by atoms with Crippen LogP contribution in [0.25, 0.3) is 0 Å². The number of likely N-dealkylation sites (tertiary alicyclic amines) is 1. The number of hydrogen-bond acceptors (Lipinski definition) is 3. The molecule has 1 saturated heterocycles. The first kappa shape index (κ1) is 14.0. The standard InChI is InChI=1S/C15H23N3O/c1-19-11-12-5-7-18(8-6-12)10-13-3-2-4-14(9-13)15(16)17/h2-4,9,12H,5-8,10-11H2,1H3,(H3,16,17). The van der Waals surface area contributed by atoms with Gasteiger partial charge in [0.25, 0.3) is 0 Å². The molecule has 1 fully saturated rings. The zero-order valence-corrected chi connectivity index (χ0v) is 11.6. The Morgan fingerprint density at radius 1 is 1.42 bits per heavy atom. The summed E-state index contributed by atoms with van der Waals surface area (Å²) in [6.45, 7) is 4.07. The lowest BCUT2D eigenvalue weighted by molar-refractivity contribution is 0.0968. The van der Waals surface area contributed by atoms with Crippen molar-refractivity contribution >= 4 is 5.84 Å². The summed E-state index contributed by atoms with van der Waals surface area (Å²) < 4.78 is 5.22. The fourth-order valence-electron chi connectivity index (χ4n) is 2.64. The molecule has 0 spiro atoms. The van der Waals surface area contributed by atoms with Gasteiger partial charge in [-0.05, 0) is 43.5 Å². The molecule has 1 aliphatic heterocycles. The summed E-state index contributed by atoms with van der Waals surface area (Å²) in [6.07, 6.45) is 2.42. The van der Waals surface area contributed by atoms with Crippen LogP contribution in [0.2, 0.25) is 0 Å². The van der Waals surface area contributed by atoms with Gasteiger partial charge < -0.3 is 10.5 Å². The van der Waals surface area contributed by atoms with Crippen molar-refractivity contribution in [1.82, 2.24) is 4.90 Å². The highest BCUT2D eigenvalue weighted by Gasteiger charge is 2.18. The van der Waals surface area contributed by atoms with Gasteiger partial charge in [0.1, 0.15) is 5.84 Å². The Morgan fingerprint density at radius 3 is 2.79 bits per heavy atom. The van der Waals surface area contributed by atoms with Crippen LogP contribution in [0, 0.1) is 11.3 Å². The second-order valence-electron chi connectivity index (χ2n) is 5.29. The third-order valence-corrected chi connectivity index (χ3v) is 3.75. The maximum absolute atomic E-state index is 7.47. The van der Waals surface area contributed by atoms with Crippen molar-refractivity contribution in [2.24, 2.45) is 11.7 Å². The van der Waals surface area contributed by atoms with E-state index in [2.05, 4.69) is 11.0 Å². The molecule has 19 heavy (non-hydrogen) atoms. The number of nitrogens with two attached hydrogens (primary N) is 1. The van der Waals surface area contributed by atoms with Gasteiger partial charge in [-0.15, -0.1) is 0 Å². The van der Waals surface area contributed by atoms with Gasteiger partial charge in [0, 0.05) is 25.8 Å². The van der Waals surface area contributed by atoms with E-state index in [0.717, 1.165) is 31.8 Å². The summed E-state index contributed by atoms with van der Waals surface area (Å²) in [6, 6.07) is 7.98. The molecule has 1 heterocycles. The van der Waals surface area contributed by atoms with E-state index in [1.54, 1.807) is 7.11 Å². The highest BCUT2D eigenvalue weighted by atomic mass is 16.5. The number of nitrogen functional groups attached to an aromatic ring is 1. The van der Waals surface area contributed by atoms with E-state index in [9.17, 15) is 0 Å². The van der Waals surface area contributed by atoms with Crippen molar-refractivity contribution in [3.63, 3.8) is 0 Å². The Labute approximate surface area is 115 Å². The molecule has 1 aromatic carbocycles. The Morgan fingerprint density at radius 2 is 2.16 bits per heavy atom. The molecule has 4 nitrogen and oxygen atoms in total. The van der Waals surface area contributed by atoms with E-state index in [4.69, 9.17) is 15.9 Å². The van der Waals surface area contributed by atoms with E-state index >= 15 is 0 Å². The third-order valence-electron chi connectivity index (χ3n) is 3.75. The molecule has 3 N–H and O–H groups in total. The number of nitrogens with zero attached hydrogens (tertiary/aromatic N) is 1. The van der Waals surface area contributed by atoms with Gasteiger partial charge >= 0.3 is 0 Å². The predicted octanol–water partition coefficient (Wildman–Crippen LogP) is 1.83. The lowest BCUT2D eigenvalue weighted by Gasteiger charge is -2.31. The minimum absolute atomic E-state index is 0.139. The number of benzene rings is 1. The summed E-state index contributed by atoms with van der Waals surface area (Å²) in [5.74, 6) is 0.852. The number of amidine groups is 1. The second-order valence-corrected chi connectivity index (χ2v) is 5.29. The fourth-order valence-corrected chi connectivity index (χ4v) is 2.64. The smallest absolute Gasteiger partial charge is 0.122 e.